The number of carbonyl (C=O) groups is 1. The summed E-state index contributed by atoms with van der Waals surface area (Å²) in [6.07, 6.45) is 0.634. The van der Waals surface area contributed by atoms with E-state index in [1.54, 1.807) is 31.4 Å². The van der Waals surface area contributed by atoms with Gasteiger partial charge in [-0.3, -0.25) is 4.79 Å². The first-order valence-electron chi connectivity index (χ1n) is 7.46. The molecule has 0 aromatic heterocycles. The maximum Gasteiger partial charge on any atom is 0.220 e. The summed E-state index contributed by atoms with van der Waals surface area (Å²) in [7, 11) is 1.59. The molecule has 0 aliphatic rings. The van der Waals surface area contributed by atoms with Gasteiger partial charge in [-0.1, -0.05) is 24.3 Å². The maximum atomic E-state index is 13.4. The lowest BCUT2D eigenvalue weighted by atomic mass is 10.1. The van der Waals surface area contributed by atoms with Crippen LogP contribution in [0, 0.1) is 5.82 Å². The lowest BCUT2D eigenvalue weighted by Gasteiger charge is -2.09. The Labute approximate surface area is 135 Å². The maximum absolute atomic E-state index is 13.4. The van der Waals surface area contributed by atoms with Crippen LogP contribution in [0.3, 0.4) is 0 Å². The van der Waals surface area contributed by atoms with Gasteiger partial charge < -0.3 is 14.8 Å². The van der Waals surface area contributed by atoms with Gasteiger partial charge in [0.25, 0.3) is 0 Å². The van der Waals surface area contributed by atoms with Crippen molar-refractivity contribution in [2.45, 2.75) is 12.8 Å². The molecule has 0 bridgehead atoms. The third-order valence-electron chi connectivity index (χ3n) is 3.31. The fraction of sp³-hybridized carbons (Fsp3) is 0.278. The van der Waals surface area contributed by atoms with Crippen molar-refractivity contribution in [3.05, 3.63) is 59.9 Å². The molecule has 2 aromatic rings. The summed E-state index contributed by atoms with van der Waals surface area (Å²) in [6.45, 7) is 0.756. The Morgan fingerprint density at radius 3 is 2.70 bits per heavy atom. The molecule has 0 aliphatic carbocycles. The van der Waals surface area contributed by atoms with Gasteiger partial charge >= 0.3 is 0 Å². The zero-order valence-corrected chi connectivity index (χ0v) is 13.0. The van der Waals surface area contributed by atoms with Gasteiger partial charge in [0.15, 0.2) is 0 Å². The highest BCUT2D eigenvalue weighted by Crippen LogP contribution is 2.18. The van der Waals surface area contributed by atoms with E-state index >= 15 is 0 Å². The second-order valence-corrected chi connectivity index (χ2v) is 4.97. The third kappa shape index (κ3) is 5.62. The van der Waals surface area contributed by atoms with Crippen molar-refractivity contribution in [1.82, 2.24) is 5.32 Å². The Morgan fingerprint density at radius 2 is 1.91 bits per heavy atom. The molecular weight excluding hydrogens is 297 g/mol. The van der Waals surface area contributed by atoms with Crippen molar-refractivity contribution in [2.24, 2.45) is 0 Å². The molecule has 0 aliphatic heterocycles. The van der Waals surface area contributed by atoms with Crippen LogP contribution in [0.2, 0.25) is 0 Å². The monoisotopic (exact) mass is 317 g/mol. The van der Waals surface area contributed by atoms with Crippen molar-refractivity contribution in [3.8, 4) is 11.5 Å². The van der Waals surface area contributed by atoms with Crippen LogP contribution in [0.5, 0.6) is 11.5 Å². The molecule has 0 spiro atoms. The fourth-order valence-corrected chi connectivity index (χ4v) is 2.09. The molecular formula is C18H20FNO3. The first kappa shape index (κ1) is 16.8. The van der Waals surface area contributed by atoms with E-state index in [0.717, 1.165) is 5.75 Å². The van der Waals surface area contributed by atoms with Gasteiger partial charge in [0.1, 0.15) is 23.9 Å². The molecule has 5 heteroatoms. The molecule has 2 rings (SSSR count). The van der Waals surface area contributed by atoms with E-state index in [2.05, 4.69) is 5.32 Å². The first-order chi connectivity index (χ1) is 11.2. The average molecular weight is 317 g/mol. The Balaban J connectivity index is 1.66. The highest BCUT2D eigenvalue weighted by atomic mass is 19.1. The van der Waals surface area contributed by atoms with E-state index in [9.17, 15) is 9.18 Å². The van der Waals surface area contributed by atoms with Crippen LogP contribution in [0.4, 0.5) is 4.39 Å². The van der Waals surface area contributed by atoms with Crippen LogP contribution >= 0.6 is 0 Å². The number of methoxy groups -OCH3 is 1. The highest BCUT2D eigenvalue weighted by Gasteiger charge is 2.05. The molecule has 2 aromatic carbocycles. The van der Waals surface area contributed by atoms with Crippen LogP contribution in [0.25, 0.3) is 0 Å². The van der Waals surface area contributed by atoms with Gasteiger partial charge in [0, 0.05) is 12.5 Å². The standard InChI is InChI=1S/C18H20FNO3/c1-22-15-6-4-7-16(13-15)23-12-11-20-18(21)10-9-14-5-2-3-8-17(14)19/h2-8,13H,9-12H2,1H3,(H,20,21). The van der Waals surface area contributed by atoms with E-state index < -0.39 is 0 Å². The molecule has 122 valence electrons. The minimum Gasteiger partial charge on any atom is -0.497 e. The summed E-state index contributed by atoms with van der Waals surface area (Å²) in [5, 5.41) is 2.75. The number of aryl methyl sites for hydroxylation is 1. The van der Waals surface area contributed by atoms with Gasteiger partial charge in [-0.05, 0) is 30.2 Å². The topological polar surface area (TPSA) is 47.6 Å². The number of hydrogen-bond acceptors (Lipinski definition) is 3. The molecule has 23 heavy (non-hydrogen) atoms. The minimum absolute atomic E-state index is 0.123. The van der Waals surface area contributed by atoms with Crippen LogP contribution < -0.4 is 14.8 Å². The second kappa shape index (κ2) is 8.78. The van der Waals surface area contributed by atoms with Gasteiger partial charge in [-0.25, -0.2) is 4.39 Å². The van der Waals surface area contributed by atoms with E-state index in [0.29, 0.717) is 30.9 Å². The quantitative estimate of drug-likeness (QED) is 0.762. The average Bonchev–Trinajstić information content (AvgIpc) is 2.58. The normalized spacial score (nSPS) is 10.2. The lowest BCUT2D eigenvalue weighted by Crippen LogP contribution is -2.28. The molecule has 0 fully saturated rings. The van der Waals surface area contributed by atoms with E-state index in [1.165, 1.54) is 6.07 Å². The molecule has 4 nitrogen and oxygen atoms in total. The van der Waals surface area contributed by atoms with Crippen molar-refractivity contribution < 1.29 is 18.7 Å². The highest BCUT2D eigenvalue weighted by molar-refractivity contribution is 5.76. The number of nitrogens with one attached hydrogen (secondary N) is 1. The molecule has 1 amide bonds. The van der Waals surface area contributed by atoms with Crippen molar-refractivity contribution in [3.63, 3.8) is 0 Å². The smallest absolute Gasteiger partial charge is 0.220 e. The number of ether oxygens (including phenoxy) is 2. The fourth-order valence-electron chi connectivity index (χ4n) is 2.09. The predicted octanol–water partition coefficient (Wildman–Crippen LogP) is 2.96. The minimum atomic E-state index is -0.276. The second-order valence-electron chi connectivity index (χ2n) is 4.97. The molecule has 0 atom stereocenters. The molecule has 0 radical (unpaired) electrons. The molecule has 0 heterocycles. The van der Waals surface area contributed by atoms with Crippen LogP contribution in [0.15, 0.2) is 48.5 Å². The van der Waals surface area contributed by atoms with Gasteiger partial charge in [-0.15, -0.1) is 0 Å². The largest absolute Gasteiger partial charge is 0.497 e. The zero-order valence-electron chi connectivity index (χ0n) is 13.0. The zero-order chi connectivity index (χ0) is 16.5. The van der Waals surface area contributed by atoms with E-state index in [4.69, 9.17) is 9.47 Å². The molecule has 0 saturated heterocycles. The Hall–Kier alpha value is -2.56. The lowest BCUT2D eigenvalue weighted by molar-refractivity contribution is -0.121. The summed E-state index contributed by atoms with van der Waals surface area (Å²) >= 11 is 0. The van der Waals surface area contributed by atoms with E-state index in [-0.39, 0.29) is 18.1 Å². The molecule has 0 saturated carbocycles. The van der Waals surface area contributed by atoms with Crippen molar-refractivity contribution in [1.29, 1.82) is 0 Å². The van der Waals surface area contributed by atoms with Gasteiger partial charge in [0.05, 0.1) is 13.7 Å². The van der Waals surface area contributed by atoms with E-state index in [1.807, 2.05) is 18.2 Å². The molecule has 1 N–H and O–H groups in total. The third-order valence-corrected chi connectivity index (χ3v) is 3.31. The van der Waals surface area contributed by atoms with Crippen molar-refractivity contribution in [2.75, 3.05) is 20.3 Å². The summed E-state index contributed by atoms with van der Waals surface area (Å²) in [6, 6.07) is 13.7. The molecule has 0 unspecified atom stereocenters. The van der Waals surface area contributed by atoms with Crippen LogP contribution in [-0.4, -0.2) is 26.2 Å². The number of rotatable bonds is 8. The van der Waals surface area contributed by atoms with Crippen LogP contribution in [0.1, 0.15) is 12.0 Å². The SMILES string of the molecule is COc1cccc(OCCNC(=O)CCc2ccccc2F)c1. The number of benzene rings is 2. The Bertz CT molecular complexity index is 646. The number of amides is 1. The van der Waals surface area contributed by atoms with Gasteiger partial charge in [-0.2, -0.15) is 0 Å². The van der Waals surface area contributed by atoms with Gasteiger partial charge in [0.2, 0.25) is 5.91 Å². The number of carbonyl (C=O) groups excluding carboxylic acids is 1. The number of hydrogen-bond donors (Lipinski definition) is 1. The summed E-state index contributed by atoms with van der Waals surface area (Å²) in [5.74, 6) is 1.01. The summed E-state index contributed by atoms with van der Waals surface area (Å²) in [5.41, 5.74) is 0.551. The number of halogens is 1. The first-order valence-corrected chi connectivity index (χ1v) is 7.46. The Morgan fingerprint density at radius 1 is 1.13 bits per heavy atom. The Kier molecular flexibility index (Phi) is 6.41. The predicted molar refractivity (Wildman–Crippen MR) is 86.2 cm³/mol. The summed E-state index contributed by atoms with van der Waals surface area (Å²) in [4.78, 5) is 11.7. The van der Waals surface area contributed by atoms with Crippen LogP contribution in [-0.2, 0) is 11.2 Å². The summed E-state index contributed by atoms with van der Waals surface area (Å²) < 4.78 is 24.1. The van der Waals surface area contributed by atoms with Crippen molar-refractivity contribution >= 4 is 5.91 Å².